The summed E-state index contributed by atoms with van der Waals surface area (Å²) >= 11 is 0. The first kappa shape index (κ1) is 25.7. The highest BCUT2D eigenvalue weighted by molar-refractivity contribution is 6.08. The molecule has 39 heavy (non-hydrogen) atoms. The molecule has 1 N–H and O–H groups in total. The molecule has 1 spiro atoms. The van der Waals surface area contributed by atoms with E-state index in [9.17, 15) is 4.79 Å². The molecule has 1 aromatic heterocycles. The summed E-state index contributed by atoms with van der Waals surface area (Å²) in [6.07, 6.45) is 9.51. The van der Waals surface area contributed by atoms with E-state index in [4.69, 9.17) is 4.99 Å². The number of amidine groups is 1. The number of hydrogen-bond donors (Lipinski definition) is 1. The zero-order valence-electron chi connectivity index (χ0n) is 23.2. The summed E-state index contributed by atoms with van der Waals surface area (Å²) in [5.41, 5.74) is 5.01. The fourth-order valence-electron chi connectivity index (χ4n) is 6.53. The minimum atomic E-state index is -0.491. The van der Waals surface area contributed by atoms with Crippen LogP contribution in [-0.4, -0.2) is 55.9 Å². The number of carbonyl (C=O) groups excluding carboxylic acids is 1. The number of benzene rings is 2. The predicted molar refractivity (Wildman–Crippen MR) is 154 cm³/mol. The third kappa shape index (κ3) is 5.09. The van der Waals surface area contributed by atoms with Gasteiger partial charge in [-0.05, 0) is 78.1 Å². The zero-order chi connectivity index (χ0) is 26.8. The smallest absolute Gasteiger partial charge is 0.256 e. The molecule has 6 rings (SSSR count). The predicted octanol–water partition coefficient (Wildman–Crippen LogP) is 6.01. The second-order valence-corrected chi connectivity index (χ2v) is 11.6. The number of unbranched alkanes of at least 4 members (excludes halogenated alkanes) is 1. The number of amides is 1. The SMILES string of the molecule is CCCCC1=NC2(CCCC2)C(=O)N1Cc1ccc(-c2cc(N3CCC[C@H](C)C3)ccc2-c2nn[nH]n2)cc1. The molecular formula is C31H39N7O. The maximum absolute atomic E-state index is 13.6. The Morgan fingerprint density at radius 1 is 1.05 bits per heavy atom. The van der Waals surface area contributed by atoms with E-state index in [1.54, 1.807) is 0 Å². The number of hydrogen-bond acceptors (Lipinski definition) is 6. The van der Waals surface area contributed by atoms with Crippen LogP contribution in [0.4, 0.5) is 5.69 Å². The fourth-order valence-corrected chi connectivity index (χ4v) is 6.53. The molecule has 0 unspecified atom stereocenters. The molecule has 3 aromatic rings. The normalized spacial score (nSPS) is 20.7. The average Bonchev–Trinajstić information content (AvgIpc) is 3.72. The van der Waals surface area contributed by atoms with E-state index < -0.39 is 5.54 Å². The van der Waals surface area contributed by atoms with Gasteiger partial charge in [-0.3, -0.25) is 14.7 Å². The highest BCUT2D eigenvalue weighted by atomic mass is 16.2. The minimum absolute atomic E-state index is 0.207. The van der Waals surface area contributed by atoms with Crippen molar-refractivity contribution in [1.29, 1.82) is 0 Å². The lowest BCUT2D eigenvalue weighted by atomic mass is 9.95. The Bertz CT molecular complexity index is 1330. The molecule has 1 saturated carbocycles. The summed E-state index contributed by atoms with van der Waals surface area (Å²) < 4.78 is 0. The number of piperidine rings is 1. The molecule has 2 fully saturated rings. The van der Waals surface area contributed by atoms with Gasteiger partial charge in [0.2, 0.25) is 5.82 Å². The summed E-state index contributed by atoms with van der Waals surface area (Å²) in [5.74, 6) is 2.48. The quantitative estimate of drug-likeness (QED) is 0.389. The van der Waals surface area contributed by atoms with Crippen LogP contribution in [0.3, 0.4) is 0 Å². The largest absolute Gasteiger partial charge is 0.371 e. The Hall–Kier alpha value is -3.55. The van der Waals surface area contributed by atoms with Crippen molar-refractivity contribution in [3.05, 3.63) is 48.0 Å². The fraction of sp³-hybridized carbons (Fsp3) is 0.516. The average molecular weight is 526 g/mol. The third-order valence-electron chi connectivity index (χ3n) is 8.70. The van der Waals surface area contributed by atoms with Crippen LogP contribution >= 0.6 is 0 Å². The number of aromatic amines is 1. The van der Waals surface area contributed by atoms with Gasteiger partial charge in [-0.1, -0.05) is 57.4 Å². The maximum Gasteiger partial charge on any atom is 0.256 e. The number of carbonyl (C=O) groups is 1. The van der Waals surface area contributed by atoms with Gasteiger partial charge in [-0.2, -0.15) is 5.21 Å². The van der Waals surface area contributed by atoms with E-state index in [2.05, 4.69) is 81.8 Å². The van der Waals surface area contributed by atoms with Crippen LogP contribution in [0.1, 0.15) is 77.2 Å². The van der Waals surface area contributed by atoms with Crippen LogP contribution in [0.15, 0.2) is 47.5 Å². The van der Waals surface area contributed by atoms with E-state index in [1.807, 2.05) is 4.90 Å². The van der Waals surface area contributed by atoms with E-state index in [0.29, 0.717) is 18.3 Å². The van der Waals surface area contributed by atoms with E-state index in [1.165, 1.54) is 18.5 Å². The molecule has 1 atom stereocenters. The lowest BCUT2D eigenvalue weighted by Gasteiger charge is -2.33. The van der Waals surface area contributed by atoms with Crippen LogP contribution in [0, 0.1) is 5.92 Å². The Labute approximate surface area is 230 Å². The number of anilines is 1. The number of tetrazole rings is 1. The van der Waals surface area contributed by atoms with Crippen molar-refractivity contribution in [3.8, 4) is 22.5 Å². The molecule has 2 aromatic carbocycles. The lowest BCUT2D eigenvalue weighted by molar-refractivity contribution is -0.131. The van der Waals surface area contributed by atoms with Gasteiger partial charge in [-0.15, -0.1) is 10.2 Å². The molecule has 1 saturated heterocycles. The topological polar surface area (TPSA) is 90.4 Å². The number of rotatable bonds is 8. The first-order valence-electron chi connectivity index (χ1n) is 14.7. The van der Waals surface area contributed by atoms with Crippen LogP contribution in [0.5, 0.6) is 0 Å². The highest BCUT2D eigenvalue weighted by Gasteiger charge is 2.49. The van der Waals surface area contributed by atoms with E-state index in [-0.39, 0.29) is 5.91 Å². The summed E-state index contributed by atoms with van der Waals surface area (Å²) in [6.45, 7) is 7.25. The third-order valence-corrected chi connectivity index (χ3v) is 8.70. The number of nitrogens with zero attached hydrogens (tertiary/aromatic N) is 6. The van der Waals surface area contributed by atoms with Crippen molar-refractivity contribution in [3.63, 3.8) is 0 Å². The number of H-pyrrole nitrogens is 1. The van der Waals surface area contributed by atoms with Crippen LogP contribution in [0.2, 0.25) is 0 Å². The molecule has 2 aliphatic heterocycles. The lowest BCUT2D eigenvalue weighted by Crippen LogP contribution is -2.40. The Balaban J connectivity index is 1.28. The number of aliphatic imine (C=N–C) groups is 1. The van der Waals surface area contributed by atoms with Gasteiger partial charge in [0.25, 0.3) is 5.91 Å². The molecule has 3 aliphatic rings. The monoisotopic (exact) mass is 525 g/mol. The molecule has 3 heterocycles. The number of nitrogens with one attached hydrogen (secondary N) is 1. The molecule has 8 heteroatoms. The Morgan fingerprint density at radius 3 is 2.59 bits per heavy atom. The van der Waals surface area contributed by atoms with Gasteiger partial charge in [0.1, 0.15) is 11.4 Å². The standard InChI is InChI=1S/C31H39N7O/c1-3-4-9-28-32-31(16-5-6-17-31)30(39)38(28)21-23-10-12-24(13-11-23)27-19-25(37-18-7-8-22(2)20-37)14-15-26(27)29-33-35-36-34-29/h10-15,19,22H,3-9,16-18,20-21H2,1-2H3,(H,33,34,35,36)/t22-/m0/s1. The van der Waals surface area contributed by atoms with E-state index >= 15 is 0 Å². The van der Waals surface area contributed by atoms with Crippen molar-refractivity contribution < 1.29 is 4.79 Å². The molecule has 8 nitrogen and oxygen atoms in total. The van der Waals surface area contributed by atoms with Gasteiger partial charge in [0, 0.05) is 30.8 Å². The van der Waals surface area contributed by atoms with Crippen molar-refractivity contribution >= 4 is 17.4 Å². The molecule has 1 aliphatic carbocycles. The molecule has 0 radical (unpaired) electrons. The van der Waals surface area contributed by atoms with Crippen LogP contribution in [-0.2, 0) is 11.3 Å². The minimum Gasteiger partial charge on any atom is -0.371 e. The van der Waals surface area contributed by atoms with Crippen LogP contribution in [0.25, 0.3) is 22.5 Å². The summed E-state index contributed by atoms with van der Waals surface area (Å²) in [4.78, 5) is 23.1. The van der Waals surface area contributed by atoms with Crippen molar-refractivity contribution in [2.24, 2.45) is 10.9 Å². The maximum atomic E-state index is 13.6. The van der Waals surface area contributed by atoms with Crippen molar-refractivity contribution in [2.45, 2.75) is 83.7 Å². The zero-order valence-corrected chi connectivity index (χ0v) is 23.2. The van der Waals surface area contributed by atoms with Gasteiger partial charge >= 0.3 is 0 Å². The Morgan fingerprint density at radius 2 is 1.87 bits per heavy atom. The highest BCUT2D eigenvalue weighted by Crippen LogP contribution is 2.40. The summed E-state index contributed by atoms with van der Waals surface area (Å²) in [7, 11) is 0. The van der Waals surface area contributed by atoms with Crippen molar-refractivity contribution in [1.82, 2.24) is 25.5 Å². The van der Waals surface area contributed by atoms with Crippen LogP contribution < -0.4 is 4.90 Å². The molecule has 0 bridgehead atoms. The van der Waals surface area contributed by atoms with Gasteiger partial charge < -0.3 is 4.90 Å². The van der Waals surface area contributed by atoms with E-state index in [0.717, 1.165) is 86.1 Å². The summed E-state index contributed by atoms with van der Waals surface area (Å²) in [5, 5.41) is 14.9. The first-order chi connectivity index (χ1) is 19.1. The van der Waals surface area contributed by atoms with Crippen molar-refractivity contribution in [2.75, 3.05) is 18.0 Å². The molecule has 204 valence electrons. The van der Waals surface area contributed by atoms with Gasteiger partial charge in [0.15, 0.2) is 0 Å². The second-order valence-electron chi connectivity index (χ2n) is 11.6. The number of aromatic nitrogens is 4. The Kier molecular flexibility index (Phi) is 7.19. The summed E-state index contributed by atoms with van der Waals surface area (Å²) in [6, 6.07) is 15.2. The molecule has 1 amide bonds. The second kappa shape index (κ2) is 10.9. The molecular weight excluding hydrogens is 486 g/mol. The first-order valence-corrected chi connectivity index (χ1v) is 14.7. The van der Waals surface area contributed by atoms with Gasteiger partial charge in [-0.25, -0.2) is 0 Å². The van der Waals surface area contributed by atoms with Gasteiger partial charge in [0.05, 0.1) is 6.54 Å².